The van der Waals surface area contributed by atoms with Crippen LogP contribution in [0.3, 0.4) is 0 Å². The van der Waals surface area contributed by atoms with Gasteiger partial charge in [0.15, 0.2) is 0 Å². The Morgan fingerprint density at radius 3 is 2.72 bits per heavy atom. The van der Waals surface area contributed by atoms with Crippen molar-refractivity contribution >= 4 is 0 Å². The number of benzene rings is 1. The summed E-state index contributed by atoms with van der Waals surface area (Å²) in [4.78, 5) is 0. The number of H-pyrrole nitrogens is 1. The molecule has 0 aliphatic rings. The zero-order chi connectivity index (χ0) is 12.8. The summed E-state index contributed by atoms with van der Waals surface area (Å²) < 4.78 is 5.12. The lowest BCUT2D eigenvalue weighted by molar-refractivity contribution is 0.414. The number of hydrogen-bond acceptors (Lipinski definition) is 5. The average molecular weight is 247 g/mol. The Labute approximate surface area is 106 Å². The highest BCUT2D eigenvalue weighted by Crippen LogP contribution is 2.17. The predicted octanol–water partition coefficient (Wildman–Crippen LogP) is 0.950. The molecule has 0 saturated carbocycles. The molecule has 1 aromatic heterocycles. The molecular weight excluding hydrogens is 230 g/mol. The highest BCUT2D eigenvalue weighted by Gasteiger charge is 2.12. The van der Waals surface area contributed by atoms with E-state index >= 15 is 0 Å². The van der Waals surface area contributed by atoms with Crippen molar-refractivity contribution in [3.8, 4) is 5.75 Å². The van der Waals surface area contributed by atoms with Crippen molar-refractivity contribution in [2.75, 3.05) is 7.11 Å². The number of aryl methyl sites for hydroxylation is 1. The smallest absolute Gasteiger partial charge is 0.118 e. The van der Waals surface area contributed by atoms with E-state index in [1.807, 2.05) is 12.1 Å². The normalized spacial score (nSPS) is 12.3. The van der Waals surface area contributed by atoms with Gasteiger partial charge in [0.2, 0.25) is 0 Å². The molecule has 6 nitrogen and oxygen atoms in total. The standard InChI is InChI=1S/C12H17N5O/c1-18-10-5-2-9(3-6-10)4-7-11(15-13)12-8-14-17-16-12/h2-3,5-6,8,11,15H,4,7,13H2,1H3,(H,14,16,17). The summed E-state index contributed by atoms with van der Waals surface area (Å²) >= 11 is 0. The number of nitrogens with zero attached hydrogens (tertiary/aromatic N) is 2. The van der Waals surface area contributed by atoms with E-state index in [1.165, 1.54) is 5.56 Å². The summed E-state index contributed by atoms with van der Waals surface area (Å²) in [6.45, 7) is 0. The highest BCUT2D eigenvalue weighted by molar-refractivity contribution is 5.27. The third-order valence-corrected chi connectivity index (χ3v) is 2.87. The number of ether oxygens (including phenoxy) is 1. The van der Waals surface area contributed by atoms with Crippen LogP contribution in [0.15, 0.2) is 30.5 Å². The van der Waals surface area contributed by atoms with Crippen molar-refractivity contribution < 1.29 is 4.74 Å². The van der Waals surface area contributed by atoms with Crippen LogP contribution in [0.2, 0.25) is 0 Å². The number of hydrogen-bond donors (Lipinski definition) is 3. The summed E-state index contributed by atoms with van der Waals surface area (Å²) in [6.07, 6.45) is 3.44. The number of nitrogens with two attached hydrogens (primary N) is 1. The van der Waals surface area contributed by atoms with E-state index in [-0.39, 0.29) is 6.04 Å². The van der Waals surface area contributed by atoms with Crippen molar-refractivity contribution in [1.29, 1.82) is 0 Å². The molecule has 4 N–H and O–H groups in total. The third kappa shape index (κ3) is 3.06. The van der Waals surface area contributed by atoms with Gasteiger partial charge in [-0.3, -0.25) is 11.3 Å². The topological polar surface area (TPSA) is 88.9 Å². The Kier molecular flexibility index (Phi) is 4.27. The second kappa shape index (κ2) is 6.13. The molecule has 1 atom stereocenters. The fraction of sp³-hybridized carbons (Fsp3) is 0.333. The Morgan fingerprint density at radius 1 is 1.39 bits per heavy atom. The van der Waals surface area contributed by atoms with Gasteiger partial charge in [-0.15, -0.1) is 0 Å². The van der Waals surface area contributed by atoms with Crippen LogP contribution in [-0.4, -0.2) is 22.5 Å². The molecule has 1 heterocycles. The molecule has 0 spiro atoms. The van der Waals surface area contributed by atoms with Crippen LogP contribution in [0.4, 0.5) is 0 Å². The molecule has 0 saturated heterocycles. The number of rotatable bonds is 6. The van der Waals surface area contributed by atoms with E-state index in [9.17, 15) is 0 Å². The number of aromatic amines is 1. The van der Waals surface area contributed by atoms with E-state index in [1.54, 1.807) is 13.3 Å². The quantitative estimate of drug-likeness (QED) is 0.522. The van der Waals surface area contributed by atoms with E-state index in [0.717, 1.165) is 24.3 Å². The van der Waals surface area contributed by atoms with Gasteiger partial charge in [0.1, 0.15) is 11.4 Å². The first-order valence-corrected chi connectivity index (χ1v) is 5.78. The second-order valence-electron chi connectivity index (χ2n) is 4.00. The monoisotopic (exact) mass is 247 g/mol. The summed E-state index contributed by atoms with van der Waals surface area (Å²) in [5.74, 6) is 6.39. The van der Waals surface area contributed by atoms with Gasteiger partial charge in [0.25, 0.3) is 0 Å². The molecule has 0 radical (unpaired) electrons. The largest absolute Gasteiger partial charge is 0.497 e. The maximum absolute atomic E-state index is 5.52. The number of aromatic nitrogens is 3. The zero-order valence-electron chi connectivity index (χ0n) is 10.3. The lowest BCUT2D eigenvalue weighted by Crippen LogP contribution is -2.28. The summed E-state index contributed by atoms with van der Waals surface area (Å²) in [5.41, 5.74) is 4.81. The molecule has 18 heavy (non-hydrogen) atoms. The van der Waals surface area contributed by atoms with Crippen molar-refractivity contribution in [2.24, 2.45) is 5.84 Å². The molecule has 0 aliphatic heterocycles. The van der Waals surface area contributed by atoms with Gasteiger partial charge < -0.3 is 4.74 Å². The van der Waals surface area contributed by atoms with E-state index in [0.29, 0.717) is 0 Å². The lowest BCUT2D eigenvalue weighted by atomic mass is 10.0. The van der Waals surface area contributed by atoms with E-state index < -0.39 is 0 Å². The Bertz CT molecular complexity index is 454. The van der Waals surface area contributed by atoms with Crippen LogP contribution in [0.5, 0.6) is 5.75 Å². The first-order chi connectivity index (χ1) is 8.83. The van der Waals surface area contributed by atoms with Crippen LogP contribution >= 0.6 is 0 Å². The number of nitrogens with one attached hydrogen (secondary N) is 2. The van der Waals surface area contributed by atoms with Crippen LogP contribution in [0, 0.1) is 0 Å². The van der Waals surface area contributed by atoms with Gasteiger partial charge in [-0.2, -0.15) is 15.4 Å². The molecule has 0 amide bonds. The minimum Gasteiger partial charge on any atom is -0.497 e. The first kappa shape index (κ1) is 12.5. The molecule has 6 heteroatoms. The van der Waals surface area contributed by atoms with Crippen molar-refractivity contribution in [3.05, 3.63) is 41.7 Å². The average Bonchev–Trinajstić information content (AvgIpc) is 2.94. The van der Waals surface area contributed by atoms with Crippen LogP contribution in [0.25, 0.3) is 0 Å². The Balaban J connectivity index is 1.93. The summed E-state index contributed by atoms with van der Waals surface area (Å²) in [7, 11) is 1.66. The summed E-state index contributed by atoms with van der Waals surface area (Å²) in [5, 5.41) is 10.4. The predicted molar refractivity (Wildman–Crippen MR) is 67.8 cm³/mol. The van der Waals surface area contributed by atoms with Crippen LogP contribution in [-0.2, 0) is 6.42 Å². The Hall–Kier alpha value is -1.92. The molecule has 2 rings (SSSR count). The molecular formula is C12H17N5O. The molecule has 0 bridgehead atoms. The minimum absolute atomic E-state index is 0.00542. The summed E-state index contributed by atoms with van der Waals surface area (Å²) in [6, 6.07) is 8.02. The Morgan fingerprint density at radius 2 is 2.17 bits per heavy atom. The van der Waals surface area contributed by atoms with Crippen molar-refractivity contribution in [3.63, 3.8) is 0 Å². The van der Waals surface area contributed by atoms with Crippen LogP contribution < -0.4 is 16.0 Å². The molecule has 0 aliphatic carbocycles. The van der Waals surface area contributed by atoms with Crippen molar-refractivity contribution in [1.82, 2.24) is 20.8 Å². The fourth-order valence-corrected chi connectivity index (χ4v) is 1.80. The maximum atomic E-state index is 5.52. The van der Waals surface area contributed by atoms with E-state index in [2.05, 4.69) is 33.0 Å². The first-order valence-electron chi connectivity index (χ1n) is 5.78. The zero-order valence-corrected chi connectivity index (χ0v) is 10.3. The molecule has 1 unspecified atom stereocenters. The SMILES string of the molecule is COc1ccc(CCC(NN)c2cn[nH]n2)cc1. The van der Waals surface area contributed by atoms with Gasteiger partial charge in [-0.1, -0.05) is 12.1 Å². The highest BCUT2D eigenvalue weighted by atomic mass is 16.5. The number of hydrazine groups is 1. The molecule has 0 fully saturated rings. The van der Waals surface area contributed by atoms with Gasteiger partial charge in [0, 0.05) is 0 Å². The second-order valence-corrected chi connectivity index (χ2v) is 4.00. The van der Waals surface area contributed by atoms with Crippen molar-refractivity contribution in [2.45, 2.75) is 18.9 Å². The van der Waals surface area contributed by atoms with Gasteiger partial charge in [-0.25, -0.2) is 0 Å². The third-order valence-electron chi connectivity index (χ3n) is 2.87. The lowest BCUT2D eigenvalue weighted by Gasteiger charge is -2.12. The van der Waals surface area contributed by atoms with Gasteiger partial charge in [0.05, 0.1) is 19.3 Å². The van der Waals surface area contributed by atoms with Crippen LogP contribution in [0.1, 0.15) is 23.7 Å². The van der Waals surface area contributed by atoms with E-state index in [4.69, 9.17) is 10.6 Å². The maximum Gasteiger partial charge on any atom is 0.118 e. The molecule has 2 aromatic rings. The minimum atomic E-state index is 0.00542. The van der Waals surface area contributed by atoms with Gasteiger partial charge >= 0.3 is 0 Å². The number of methoxy groups -OCH3 is 1. The molecule has 96 valence electrons. The van der Waals surface area contributed by atoms with Gasteiger partial charge in [-0.05, 0) is 30.5 Å². The fourth-order valence-electron chi connectivity index (χ4n) is 1.80. The molecule has 1 aromatic carbocycles.